The van der Waals surface area contributed by atoms with Gasteiger partial charge in [-0.15, -0.1) is 0 Å². The molecular formula is C11H13NO. The Morgan fingerprint density at radius 1 is 1.31 bits per heavy atom. The third kappa shape index (κ3) is 1.22. The van der Waals surface area contributed by atoms with Crippen LogP contribution in [0.25, 0.3) is 11.1 Å². The quantitative estimate of drug-likeness (QED) is 0.664. The fourth-order valence-corrected chi connectivity index (χ4v) is 1.56. The monoisotopic (exact) mass is 175 g/mol. The van der Waals surface area contributed by atoms with Crippen molar-refractivity contribution < 1.29 is 4.42 Å². The highest BCUT2D eigenvalue weighted by Gasteiger charge is 2.10. The third-order valence-corrected chi connectivity index (χ3v) is 2.34. The zero-order chi connectivity index (χ0) is 9.42. The molecule has 2 aromatic rings. The average molecular weight is 175 g/mol. The van der Waals surface area contributed by atoms with Crippen LogP contribution in [0.4, 0.5) is 0 Å². The summed E-state index contributed by atoms with van der Waals surface area (Å²) >= 11 is 0. The van der Waals surface area contributed by atoms with Gasteiger partial charge in [0.25, 0.3) is 0 Å². The molecule has 0 amide bonds. The molecular weight excluding hydrogens is 162 g/mol. The van der Waals surface area contributed by atoms with Crippen molar-refractivity contribution in [2.24, 2.45) is 0 Å². The van der Waals surface area contributed by atoms with Crippen molar-refractivity contribution in [3.05, 3.63) is 29.7 Å². The van der Waals surface area contributed by atoms with E-state index in [1.165, 1.54) is 17.5 Å². The van der Waals surface area contributed by atoms with Gasteiger partial charge in [-0.1, -0.05) is 26.0 Å². The Kier molecular flexibility index (Phi) is 1.83. The molecule has 1 aromatic heterocycles. The molecule has 0 aliphatic carbocycles. The molecule has 0 unspecified atom stereocenters. The molecule has 0 aliphatic rings. The van der Waals surface area contributed by atoms with Gasteiger partial charge >= 0.3 is 0 Å². The number of hydrogen-bond donors (Lipinski definition) is 0. The largest absolute Gasteiger partial charge is 0.443 e. The first-order valence-electron chi connectivity index (χ1n) is 4.53. The molecule has 0 spiro atoms. The molecule has 0 saturated heterocycles. The molecule has 0 N–H and O–H groups in total. The lowest BCUT2D eigenvalue weighted by Gasteiger charge is -2.05. The van der Waals surface area contributed by atoms with Crippen molar-refractivity contribution in [2.75, 3.05) is 0 Å². The fourth-order valence-electron chi connectivity index (χ4n) is 1.56. The smallest absolute Gasteiger partial charge is 0.182 e. The topological polar surface area (TPSA) is 26.0 Å². The van der Waals surface area contributed by atoms with Crippen LogP contribution in [0.15, 0.2) is 22.9 Å². The first-order chi connectivity index (χ1) is 6.20. The first kappa shape index (κ1) is 8.30. The first-order valence-corrected chi connectivity index (χ1v) is 4.53. The maximum atomic E-state index is 5.38. The Balaban J connectivity index is 2.78. The van der Waals surface area contributed by atoms with Crippen LogP contribution in [0.5, 0.6) is 0 Å². The van der Waals surface area contributed by atoms with Gasteiger partial charge in [-0.2, -0.15) is 0 Å². The number of aryl methyl sites for hydroxylation is 1. The van der Waals surface area contributed by atoms with Crippen LogP contribution in [0.3, 0.4) is 0 Å². The molecule has 0 radical (unpaired) electrons. The van der Waals surface area contributed by atoms with E-state index in [4.69, 9.17) is 4.42 Å². The van der Waals surface area contributed by atoms with Gasteiger partial charge in [-0.3, -0.25) is 0 Å². The van der Waals surface area contributed by atoms with Gasteiger partial charge in [0.1, 0.15) is 5.52 Å². The highest BCUT2D eigenvalue weighted by molar-refractivity contribution is 5.79. The second-order valence-electron chi connectivity index (χ2n) is 3.66. The van der Waals surface area contributed by atoms with Gasteiger partial charge in [0.2, 0.25) is 0 Å². The van der Waals surface area contributed by atoms with Crippen molar-refractivity contribution in [1.82, 2.24) is 4.98 Å². The summed E-state index contributed by atoms with van der Waals surface area (Å²) in [5.74, 6) is 0.482. The van der Waals surface area contributed by atoms with Crippen molar-refractivity contribution >= 4 is 11.1 Å². The minimum absolute atomic E-state index is 0.482. The zero-order valence-corrected chi connectivity index (χ0v) is 8.16. The zero-order valence-electron chi connectivity index (χ0n) is 8.16. The van der Waals surface area contributed by atoms with Crippen LogP contribution in [-0.4, -0.2) is 4.98 Å². The molecule has 2 nitrogen and oxygen atoms in total. The molecule has 2 rings (SSSR count). The average Bonchev–Trinajstić information content (AvgIpc) is 2.53. The Bertz CT molecular complexity index is 429. The SMILES string of the molecule is Cc1ccc(C(C)C)c2ocnc12. The predicted octanol–water partition coefficient (Wildman–Crippen LogP) is 3.26. The molecule has 0 bridgehead atoms. The van der Waals surface area contributed by atoms with Crippen LogP contribution in [0.2, 0.25) is 0 Å². The predicted molar refractivity (Wildman–Crippen MR) is 52.8 cm³/mol. The third-order valence-electron chi connectivity index (χ3n) is 2.34. The Morgan fingerprint density at radius 3 is 2.77 bits per heavy atom. The van der Waals surface area contributed by atoms with E-state index in [-0.39, 0.29) is 0 Å². The van der Waals surface area contributed by atoms with E-state index < -0.39 is 0 Å². The van der Waals surface area contributed by atoms with Crippen LogP contribution in [0, 0.1) is 6.92 Å². The van der Waals surface area contributed by atoms with Crippen molar-refractivity contribution in [3.8, 4) is 0 Å². The van der Waals surface area contributed by atoms with E-state index in [0.29, 0.717) is 5.92 Å². The molecule has 1 heterocycles. The lowest BCUT2D eigenvalue weighted by atomic mass is 10.0. The highest BCUT2D eigenvalue weighted by Crippen LogP contribution is 2.26. The molecule has 13 heavy (non-hydrogen) atoms. The van der Waals surface area contributed by atoms with Gasteiger partial charge in [0.15, 0.2) is 12.0 Å². The van der Waals surface area contributed by atoms with E-state index in [9.17, 15) is 0 Å². The van der Waals surface area contributed by atoms with E-state index in [1.807, 2.05) is 0 Å². The van der Waals surface area contributed by atoms with E-state index >= 15 is 0 Å². The van der Waals surface area contributed by atoms with E-state index in [2.05, 4.69) is 37.9 Å². The normalized spacial score (nSPS) is 11.4. The van der Waals surface area contributed by atoms with Crippen LogP contribution < -0.4 is 0 Å². The summed E-state index contributed by atoms with van der Waals surface area (Å²) in [6.07, 6.45) is 1.52. The van der Waals surface area contributed by atoms with Crippen molar-refractivity contribution in [3.63, 3.8) is 0 Å². The minimum Gasteiger partial charge on any atom is -0.443 e. The van der Waals surface area contributed by atoms with E-state index in [1.54, 1.807) is 0 Å². The summed E-state index contributed by atoms with van der Waals surface area (Å²) in [5, 5.41) is 0. The minimum atomic E-state index is 0.482. The van der Waals surface area contributed by atoms with Gasteiger partial charge in [-0.05, 0) is 24.0 Å². The summed E-state index contributed by atoms with van der Waals surface area (Å²) in [6.45, 7) is 6.37. The second kappa shape index (κ2) is 2.87. The van der Waals surface area contributed by atoms with Crippen molar-refractivity contribution in [2.45, 2.75) is 26.7 Å². The number of nitrogens with zero attached hydrogens (tertiary/aromatic N) is 1. The van der Waals surface area contributed by atoms with Gasteiger partial charge in [0.05, 0.1) is 0 Å². The summed E-state index contributed by atoms with van der Waals surface area (Å²) < 4.78 is 5.38. The van der Waals surface area contributed by atoms with Gasteiger partial charge < -0.3 is 4.42 Å². The molecule has 0 saturated carbocycles. The molecule has 0 fully saturated rings. The number of oxazole rings is 1. The number of aromatic nitrogens is 1. The summed E-state index contributed by atoms with van der Waals surface area (Å²) in [6, 6.07) is 4.22. The maximum absolute atomic E-state index is 5.38. The summed E-state index contributed by atoms with van der Waals surface area (Å²) in [7, 11) is 0. The Labute approximate surface area is 77.6 Å². The molecule has 0 atom stereocenters. The number of benzene rings is 1. The van der Waals surface area contributed by atoms with E-state index in [0.717, 1.165) is 11.1 Å². The summed E-state index contributed by atoms with van der Waals surface area (Å²) in [4.78, 5) is 4.19. The summed E-state index contributed by atoms with van der Waals surface area (Å²) in [5.41, 5.74) is 4.34. The van der Waals surface area contributed by atoms with Gasteiger partial charge in [0, 0.05) is 0 Å². The van der Waals surface area contributed by atoms with Crippen molar-refractivity contribution in [1.29, 1.82) is 0 Å². The number of hydrogen-bond acceptors (Lipinski definition) is 2. The standard InChI is InChI=1S/C11H13NO/c1-7(2)9-5-4-8(3)10-11(9)13-6-12-10/h4-7H,1-3H3. The molecule has 68 valence electrons. The number of rotatable bonds is 1. The van der Waals surface area contributed by atoms with Crippen LogP contribution >= 0.6 is 0 Å². The lowest BCUT2D eigenvalue weighted by Crippen LogP contribution is -1.89. The lowest BCUT2D eigenvalue weighted by molar-refractivity contribution is 0.594. The Morgan fingerprint density at radius 2 is 2.08 bits per heavy atom. The van der Waals surface area contributed by atoms with Crippen LogP contribution in [-0.2, 0) is 0 Å². The molecule has 2 heteroatoms. The Hall–Kier alpha value is -1.31. The molecule has 1 aromatic carbocycles. The fraction of sp³-hybridized carbons (Fsp3) is 0.364. The second-order valence-corrected chi connectivity index (χ2v) is 3.66. The highest BCUT2D eigenvalue weighted by atomic mass is 16.3. The van der Waals surface area contributed by atoms with Crippen LogP contribution in [0.1, 0.15) is 30.9 Å². The molecule has 0 aliphatic heterocycles. The number of fused-ring (bicyclic) bond motifs is 1. The van der Waals surface area contributed by atoms with Gasteiger partial charge in [-0.25, -0.2) is 4.98 Å². The maximum Gasteiger partial charge on any atom is 0.182 e.